The molecule has 0 atom stereocenters. The monoisotopic (exact) mass is 384 g/mol. The summed E-state index contributed by atoms with van der Waals surface area (Å²) < 4.78 is 8.18. The van der Waals surface area contributed by atoms with Crippen molar-refractivity contribution >= 4 is 50.2 Å². The number of imidazole rings is 1. The second-order valence-electron chi connectivity index (χ2n) is 4.45. The lowest BCUT2D eigenvalue weighted by Crippen LogP contribution is -2.00. The minimum Gasteiger partial charge on any atom is -0.497 e. The highest BCUT2D eigenvalue weighted by molar-refractivity contribution is 9.10. The van der Waals surface area contributed by atoms with Crippen molar-refractivity contribution in [2.24, 2.45) is 0 Å². The van der Waals surface area contributed by atoms with Crippen molar-refractivity contribution in [1.29, 1.82) is 0 Å². The number of halogens is 3. The molecule has 3 rings (SSSR count). The van der Waals surface area contributed by atoms with Gasteiger partial charge in [0, 0.05) is 10.5 Å². The SMILES string of the molecule is COc1cc(Br)cc(-n2c(CCl)nc3cccc(Cl)c32)c1. The third-order valence-corrected chi connectivity index (χ3v) is 4.17. The fraction of sp³-hybridized carbons (Fsp3) is 0.133. The summed E-state index contributed by atoms with van der Waals surface area (Å²) >= 11 is 15.9. The first-order valence-electron chi connectivity index (χ1n) is 6.21. The number of benzene rings is 2. The summed E-state index contributed by atoms with van der Waals surface area (Å²) in [4.78, 5) is 4.54. The van der Waals surface area contributed by atoms with Crippen LogP contribution in [0.1, 0.15) is 5.82 Å². The minimum atomic E-state index is 0.292. The molecule has 0 bridgehead atoms. The Hall–Kier alpha value is -1.23. The second kappa shape index (κ2) is 5.87. The molecule has 1 heterocycles. The van der Waals surface area contributed by atoms with Crippen molar-refractivity contribution in [2.45, 2.75) is 5.88 Å². The number of alkyl halides is 1. The Balaban J connectivity index is 2.35. The van der Waals surface area contributed by atoms with E-state index in [-0.39, 0.29) is 0 Å². The van der Waals surface area contributed by atoms with Gasteiger partial charge in [-0.15, -0.1) is 11.6 Å². The van der Waals surface area contributed by atoms with Crippen LogP contribution < -0.4 is 4.74 Å². The van der Waals surface area contributed by atoms with Gasteiger partial charge < -0.3 is 4.74 Å². The summed E-state index contributed by atoms with van der Waals surface area (Å²) in [6.45, 7) is 0. The van der Waals surface area contributed by atoms with Gasteiger partial charge in [-0.3, -0.25) is 4.57 Å². The van der Waals surface area contributed by atoms with E-state index in [1.54, 1.807) is 7.11 Å². The Kier molecular flexibility index (Phi) is 4.11. The predicted molar refractivity (Wildman–Crippen MR) is 89.9 cm³/mol. The van der Waals surface area contributed by atoms with Gasteiger partial charge in [-0.2, -0.15) is 0 Å². The number of hydrogen-bond donors (Lipinski definition) is 0. The first kappa shape index (κ1) is 14.7. The molecule has 0 saturated heterocycles. The molecule has 0 aliphatic carbocycles. The number of hydrogen-bond acceptors (Lipinski definition) is 2. The van der Waals surface area contributed by atoms with Crippen LogP contribution in [0, 0.1) is 0 Å². The summed E-state index contributed by atoms with van der Waals surface area (Å²) in [5.41, 5.74) is 2.56. The summed E-state index contributed by atoms with van der Waals surface area (Å²) in [5.74, 6) is 1.77. The van der Waals surface area contributed by atoms with Gasteiger partial charge in [0.05, 0.1) is 34.7 Å². The van der Waals surface area contributed by atoms with Crippen LogP contribution in [0.2, 0.25) is 5.02 Å². The van der Waals surface area contributed by atoms with Crippen LogP contribution in [0.5, 0.6) is 5.75 Å². The smallest absolute Gasteiger partial charge is 0.129 e. The molecule has 0 aliphatic rings. The van der Waals surface area contributed by atoms with Gasteiger partial charge in [-0.25, -0.2) is 4.98 Å². The van der Waals surface area contributed by atoms with Crippen molar-refractivity contribution in [2.75, 3.05) is 7.11 Å². The Morgan fingerprint density at radius 3 is 2.81 bits per heavy atom. The van der Waals surface area contributed by atoms with E-state index in [1.807, 2.05) is 41.0 Å². The molecule has 2 aromatic carbocycles. The van der Waals surface area contributed by atoms with Gasteiger partial charge in [-0.1, -0.05) is 33.6 Å². The van der Waals surface area contributed by atoms with Gasteiger partial charge >= 0.3 is 0 Å². The lowest BCUT2D eigenvalue weighted by atomic mass is 10.2. The normalized spacial score (nSPS) is 11.0. The molecule has 1 aromatic heterocycles. The van der Waals surface area contributed by atoms with E-state index in [9.17, 15) is 0 Å². The molecule has 0 saturated carbocycles. The number of rotatable bonds is 3. The van der Waals surface area contributed by atoms with E-state index >= 15 is 0 Å². The number of nitrogens with zero attached hydrogens (tertiary/aromatic N) is 2. The molecule has 0 fully saturated rings. The van der Waals surface area contributed by atoms with Crippen LogP contribution >= 0.6 is 39.1 Å². The molecule has 0 spiro atoms. The number of methoxy groups -OCH3 is 1. The number of para-hydroxylation sites is 1. The quantitative estimate of drug-likeness (QED) is 0.580. The molecule has 0 N–H and O–H groups in total. The molecular weight excluding hydrogens is 375 g/mol. The lowest BCUT2D eigenvalue weighted by Gasteiger charge is -2.11. The van der Waals surface area contributed by atoms with Gasteiger partial charge in [0.1, 0.15) is 11.6 Å². The zero-order chi connectivity index (χ0) is 15.0. The molecule has 0 unspecified atom stereocenters. The zero-order valence-electron chi connectivity index (χ0n) is 11.1. The van der Waals surface area contributed by atoms with E-state index in [4.69, 9.17) is 27.9 Å². The van der Waals surface area contributed by atoms with Gasteiger partial charge in [0.15, 0.2) is 0 Å². The predicted octanol–water partition coefficient (Wildman–Crippen LogP) is 5.19. The number of aromatic nitrogens is 2. The maximum Gasteiger partial charge on any atom is 0.129 e. The Labute approximate surface area is 140 Å². The van der Waals surface area contributed by atoms with Crippen molar-refractivity contribution in [1.82, 2.24) is 9.55 Å². The highest BCUT2D eigenvalue weighted by Crippen LogP contribution is 2.31. The number of ether oxygens (including phenoxy) is 1. The van der Waals surface area contributed by atoms with Crippen molar-refractivity contribution in [3.05, 3.63) is 51.7 Å². The third-order valence-electron chi connectivity index (χ3n) is 3.17. The maximum absolute atomic E-state index is 6.35. The van der Waals surface area contributed by atoms with Crippen molar-refractivity contribution < 1.29 is 4.74 Å². The topological polar surface area (TPSA) is 27.1 Å². The van der Waals surface area contributed by atoms with Crippen molar-refractivity contribution in [3.8, 4) is 11.4 Å². The van der Waals surface area contributed by atoms with E-state index < -0.39 is 0 Å². The first-order valence-corrected chi connectivity index (χ1v) is 7.91. The summed E-state index contributed by atoms with van der Waals surface area (Å²) in [6.07, 6.45) is 0. The Morgan fingerprint density at radius 1 is 1.29 bits per heavy atom. The highest BCUT2D eigenvalue weighted by Gasteiger charge is 2.15. The van der Waals surface area contributed by atoms with Crippen LogP contribution in [0.4, 0.5) is 0 Å². The van der Waals surface area contributed by atoms with Crippen LogP contribution in [-0.4, -0.2) is 16.7 Å². The van der Waals surface area contributed by atoms with E-state index in [0.717, 1.165) is 32.8 Å². The molecule has 6 heteroatoms. The largest absolute Gasteiger partial charge is 0.497 e. The second-order valence-corrected chi connectivity index (χ2v) is 6.04. The minimum absolute atomic E-state index is 0.292. The zero-order valence-corrected chi connectivity index (χ0v) is 14.2. The van der Waals surface area contributed by atoms with Crippen molar-refractivity contribution in [3.63, 3.8) is 0 Å². The van der Waals surface area contributed by atoms with Gasteiger partial charge in [0.25, 0.3) is 0 Å². The van der Waals surface area contributed by atoms with Gasteiger partial charge in [0.2, 0.25) is 0 Å². The van der Waals surface area contributed by atoms with Crippen LogP contribution in [0.25, 0.3) is 16.7 Å². The summed E-state index contributed by atoms with van der Waals surface area (Å²) in [5, 5.41) is 0.635. The molecule has 108 valence electrons. The third kappa shape index (κ3) is 2.63. The fourth-order valence-electron chi connectivity index (χ4n) is 2.30. The van der Waals surface area contributed by atoms with E-state index in [0.29, 0.717) is 10.9 Å². The molecular formula is C15H11BrCl2N2O. The van der Waals surface area contributed by atoms with Gasteiger partial charge in [-0.05, 0) is 24.3 Å². The summed E-state index contributed by atoms with van der Waals surface area (Å²) in [7, 11) is 1.63. The highest BCUT2D eigenvalue weighted by atomic mass is 79.9. The molecule has 3 nitrogen and oxygen atoms in total. The number of fused-ring (bicyclic) bond motifs is 1. The summed E-state index contributed by atoms with van der Waals surface area (Å²) in [6, 6.07) is 11.4. The standard InChI is InChI=1S/C15H11BrCl2N2O/c1-21-11-6-9(16)5-10(7-11)20-14(8-17)19-13-4-2-3-12(18)15(13)20/h2-7H,8H2,1H3. The van der Waals surface area contributed by atoms with Crippen LogP contribution in [0.15, 0.2) is 40.9 Å². The van der Waals surface area contributed by atoms with E-state index in [2.05, 4.69) is 20.9 Å². The average molecular weight is 386 g/mol. The molecule has 0 aliphatic heterocycles. The molecule has 0 radical (unpaired) electrons. The Morgan fingerprint density at radius 2 is 2.10 bits per heavy atom. The first-order chi connectivity index (χ1) is 10.1. The average Bonchev–Trinajstić information content (AvgIpc) is 2.86. The fourth-order valence-corrected chi connectivity index (χ4v) is 3.19. The lowest BCUT2D eigenvalue weighted by molar-refractivity contribution is 0.414. The van der Waals surface area contributed by atoms with E-state index in [1.165, 1.54) is 0 Å². The van der Waals surface area contributed by atoms with Crippen LogP contribution in [0.3, 0.4) is 0 Å². The Bertz CT molecular complexity index is 817. The molecule has 3 aromatic rings. The maximum atomic E-state index is 6.35. The molecule has 21 heavy (non-hydrogen) atoms. The molecule has 0 amide bonds. The van der Waals surface area contributed by atoms with Crippen LogP contribution in [-0.2, 0) is 5.88 Å².